The molecule has 0 saturated heterocycles. The van der Waals surface area contributed by atoms with Crippen molar-refractivity contribution in [1.29, 1.82) is 0 Å². The number of para-hydroxylation sites is 2. The van der Waals surface area contributed by atoms with Crippen LogP contribution in [0.3, 0.4) is 0 Å². The highest BCUT2D eigenvalue weighted by Gasteiger charge is 2.57. The zero-order valence-corrected chi connectivity index (χ0v) is 21.9. The molecular formula is C31H22O5P2. The van der Waals surface area contributed by atoms with Gasteiger partial charge in [0.25, 0.3) is 14.7 Å². The Kier molecular flexibility index (Phi) is 5.16. The molecule has 5 nitrogen and oxygen atoms in total. The topological polar surface area (TPSA) is 72.8 Å². The monoisotopic (exact) mass is 536 g/mol. The van der Waals surface area contributed by atoms with Crippen LogP contribution in [0.5, 0.6) is 17.2 Å². The summed E-state index contributed by atoms with van der Waals surface area (Å²) in [6, 6.07) is 36.1. The number of phenols is 1. The van der Waals surface area contributed by atoms with Crippen LogP contribution >= 0.6 is 14.7 Å². The Labute approximate surface area is 220 Å². The van der Waals surface area contributed by atoms with E-state index in [4.69, 9.17) is 9.05 Å². The van der Waals surface area contributed by atoms with Gasteiger partial charge in [-0.25, -0.2) is 0 Å². The standard InChI is InChI=1S/C31H22O5P2/c32-22-19-17-21(18-20-22)31(37(33)29-15-7-3-11-25(29)23-9-1-5-13-27(23)35-37)38(34)30-16-8-4-12-26(30)24-10-2-6-14-28(24)36-38/h1-20,31-32H. The van der Waals surface area contributed by atoms with Crippen LogP contribution in [-0.4, -0.2) is 5.11 Å². The van der Waals surface area contributed by atoms with E-state index in [1.165, 1.54) is 12.1 Å². The largest absolute Gasteiger partial charge is 0.508 e. The molecule has 0 amide bonds. The van der Waals surface area contributed by atoms with Gasteiger partial charge in [0.1, 0.15) is 17.2 Å². The summed E-state index contributed by atoms with van der Waals surface area (Å²) < 4.78 is 43.9. The summed E-state index contributed by atoms with van der Waals surface area (Å²) >= 11 is 0. The van der Waals surface area contributed by atoms with Gasteiger partial charge >= 0.3 is 0 Å². The van der Waals surface area contributed by atoms with E-state index in [0.717, 1.165) is 22.3 Å². The van der Waals surface area contributed by atoms with Crippen molar-refractivity contribution >= 4 is 25.3 Å². The van der Waals surface area contributed by atoms with Gasteiger partial charge in [-0.2, -0.15) is 0 Å². The lowest BCUT2D eigenvalue weighted by Gasteiger charge is -2.39. The van der Waals surface area contributed by atoms with Gasteiger partial charge in [0, 0.05) is 11.1 Å². The second-order valence-corrected chi connectivity index (χ2v) is 14.5. The lowest BCUT2D eigenvalue weighted by Crippen LogP contribution is -2.28. The first-order valence-electron chi connectivity index (χ1n) is 12.2. The molecule has 0 aromatic heterocycles. The number of phenolic OH excluding ortho intramolecular Hbond substituents is 1. The average Bonchev–Trinajstić information content (AvgIpc) is 2.95. The predicted octanol–water partition coefficient (Wildman–Crippen LogP) is 7.72. The Hall–Kier alpha value is -4.04. The minimum atomic E-state index is -3.95. The van der Waals surface area contributed by atoms with Crippen molar-refractivity contribution in [3.8, 4) is 39.5 Å². The van der Waals surface area contributed by atoms with Crippen LogP contribution in [0.2, 0.25) is 0 Å². The Bertz CT molecular complexity index is 1700. The van der Waals surface area contributed by atoms with Crippen LogP contribution in [0.15, 0.2) is 121 Å². The summed E-state index contributed by atoms with van der Waals surface area (Å²) in [7, 11) is -7.91. The molecule has 0 radical (unpaired) electrons. The van der Waals surface area contributed by atoms with Crippen LogP contribution < -0.4 is 19.7 Å². The van der Waals surface area contributed by atoms with Crippen molar-refractivity contribution in [2.45, 2.75) is 5.40 Å². The van der Waals surface area contributed by atoms with Gasteiger partial charge in [-0.15, -0.1) is 0 Å². The molecule has 7 heteroatoms. The van der Waals surface area contributed by atoms with Crippen LogP contribution in [0.1, 0.15) is 11.0 Å². The lowest BCUT2D eigenvalue weighted by molar-refractivity contribution is 0.465. The van der Waals surface area contributed by atoms with Gasteiger partial charge in [-0.3, -0.25) is 9.13 Å². The second-order valence-electron chi connectivity index (χ2n) is 9.37. The number of fused-ring (bicyclic) bond motifs is 6. The molecular weight excluding hydrogens is 514 g/mol. The molecule has 38 heavy (non-hydrogen) atoms. The van der Waals surface area contributed by atoms with Crippen LogP contribution in [0.4, 0.5) is 0 Å². The summed E-state index contributed by atoms with van der Waals surface area (Å²) in [5.74, 6) is 0.987. The number of benzene rings is 5. The highest BCUT2D eigenvalue weighted by atomic mass is 31.2. The number of hydrogen-bond acceptors (Lipinski definition) is 5. The fourth-order valence-corrected chi connectivity index (χ4v) is 12.7. The normalized spacial score (nSPS) is 21.5. The molecule has 2 heterocycles. The molecule has 2 atom stereocenters. The number of hydrogen-bond donors (Lipinski definition) is 1. The van der Waals surface area contributed by atoms with E-state index in [2.05, 4.69) is 0 Å². The first-order chi connectivity index (χ1) is 18.5. The molecule has 2 aliphatic heterocycles. The quantitative estimate of drug-likeness (QED) is 0.239. The summed E-state index contributed by atoms with van der Waals surface area (Å²) in [6.45, 7) is 0. The van der Waals surface area contributed by atoms with Gasteiger partial charge in [0.2, 0.25) is 0 Å². The van der Waals surface area contributed by atoms with Crippen molar-refractivity contribution in [1.82, 2.24) is 0 Å². The summed E-state index contributed by atoms with van der Waals surface area (Å²) in [5.41, 5.74) is 3.70. The van der Waals surface area contributed by atoms with E-state index >= 15 is 9.13 Å². The molecule has 0 aliphatic carbocycles. The maximum Gasteiger partial charge on any atom is 0.296 e. The van der Waals surface area contributed by atoms with E-state index < -0.39 is 20.1 Å². The fourth-order valence-electron chi connectivity index (χ4n) is 5.48. The van der Waals surface area contributed by atoms with Crippen LogP contribution in [0.25, 0.3) is 22.3 Å². The molecule has 5 aromatic carbocycles. The molecule has 0 spiro atoms. The number of aromatic hydroxyl groups is 1. The maximum atomic E-state index is 15.5. The van der Waals surface area contributed by atoms with Crippen LogP contribution in [0, 0.1) is 0 Å². The van der Waals surface area contributed by atoms with Crippen LogP contribution in [-0.2, 0) is 9.13 Å². The van der Waals surface area contributed by atoms with Crippen molar-refractivity contribution in [3.63, 3.8) is 0 Å². The van der Waals surface area contributed by atoms with E-state index in [0.29, 0.717) is 27.7 Å². The smallest absolute Gasteiger partial charge is 0.296 e. The van der Waals surface area contributed by atoms with Gasteiger partial charge in [-0.1, -0.05) is 84.9 Å². The molecule has 0 bridgehead atoms. The third-order valence-corrected chi connectivity index (χ3v) is 13.9. The van der Waals surface area contributed by atoms with Crippen molar-refractivity contribution < 1.29 is 23.3 Å². The third kappa shape index (κ3) is 3.33. The molecule has 1 N–H and O–H groups in total. The highest BCUT2D eigenvalue weighted by Crippen LogP contribution is 2.78. The van der Waals surface area contributed by atoms with Gasteiger partial charge in [0.05, 0.1) is 10.6 Å². The molecule has 7 rings (SSSR count). The van der Waals surface area contributed by atoms with Crippen molar-refractivity contribution in [2.75, 3.05) is 0 Å². The minimum absolute atomic E-state index is 0.0506. The molecule has 2 aliphatic rings. The van der Waals surface area contributed by atoms with E-state index in [1.807, 2.05) is 72.8 Å². The van der Waals surface area contributed by atoms with Gasteiger partial charge in [0.15, 0.2) is 5.40 Å². The summed E-state index contributed by atoms with van der Waals surface area (Å²) in [5, 5.41) is 9.88. The predicted molar refractivity (Wildman–Crippen MR) is 150 cm³/mol. The SMILES string of the molecule is O=P1(C(c2ccc(O)cc2)P2(=O)Oc3ccccc3-c3ccccc32)Oc2ccccc2-c2ccccc21. The fraction of sp³-hybridized carbons (Fsp3) is 0.0323. The second kappa shape index (κ2) is 8.49. The molecule has 0 saturated carbocycles. The summed E-state index contributed by atoms with van der Waals surface area (Å²) in [4.78, 5) is 0. The van der Waals surface area contributed by atoms with Gasteiger partial charge in [-0.05, 0) is 53.1 Å². The molecule has 186 valence electrons. The Balaban J connectivity index is 1.54. The average molecular weight is 536 g/mol. The Morgan fingerprint density at radius 1 is 0.500 bits per heavy atom. The summed E-state index contributed by atoms with van der Waals surface area (Å²) in [6.07, 6.45) is 0. The first-order valence-corrected chi connectivity index (χ1v) is 15.6. The molecule has 0 fully saturated rings. The maximum absolute atomic E-state index is 15.5. The zero-order valence-electron chi connectivity index (χ0n) is 20.1. The number of rotatable bonds is 3. The zero-order chi connectivity index (χ0) is 25.9. The van der Waals surface area contributed by atoms with E-state index in [-0.39, 0.29) is 5.75 Å². The first kappa shape index (κ1) is 23.1. The third-order valence-electron chi connectivity index (χ3n) is 7.14. The van der Waals surface area contributed by atoms with Crippen molar-refractivity contribution in [3.05, 3.63) is 127 Å². The van der Waals surface area contributed by atoms with Gasteiger partial charge < -0.3 is 14.2 Å². The minimum Gasteiger partial charge on any atom is -0.508 e. The highest BCUT2D eigenvalue weighted by molar-refractivity contribution is 7.84. The Morgan fingerprint density at radius 2 is 0.895 bits per heavy atom. The Morgan fingerprint density at radius 3 is 1.37 bits per heavy atom. The lowest BCUT2D eigenvalue weighted by atomic mass is 10.0. The molecule has 2 unspecified atom stereocenters. The van der Waals surface area contributed by atoms with E-state index in [1.54, 1.807) is 36.4 Å². The van der Waals surface area contributed by atoms with E-state index in [9.17, 15) is 5.11 Å². The molecule has 5 aromatic rings. The van der Waals surface area contributed by atoms with Crippen molar-refractivity contribution in [2.24, 2.45) is 0 Å².